The molecule has 2 rings (SSSR count). The molecule has 1 aromatic rings. The molecule has 1 aromatic carbocycles. The van der Waals surface area contributed by atoms with Crippen molar-refractivity contribution < 1.29 is 4.18 Å². The Morgan fingerprint density at radius 1 is 1.14 bits per heavy atom. The molecule has 0 atom stereocenters. The maximum absolute atomic E-state index is 4.82. The third-order valence-corrected chi connectivity index (χ3v) is 2.64. The highest BCUT2D eigenvalue weighted by atomic mass is 32.1. The van der Waals surface area contributed by atoms with Crippen LogP contribution in [0.5, 0.6) is 5.75 Å². The molecule has 1 heterocycles. The minimum atomic E-state index is 0.784. The van der Waals surface area contributed by atoms with Gasteiger partial charge in [0.25, 0.3) is 0 Å². The molecule has 0 aromatic heterocycles. The molecule has 0 amide bonds. The van der Waals surface area contributed by atoms with Crippen molar-refractivity contribution in [3.05, 3.63) is 24.3 Å². The number of nitrogens with one attached hydrogen (secondary N) is 1. The van der Waals surface area contributed by atoms with E-state index in [1.54, 1.807) is 0 Å². The Balaban J connectivity index is 2.07. The minimum absolute atomic E-state index is 0.784. The van der Waals surface area contributed by atoms with Crippen LogP contribution in [0.25, 0.3) is 0 Å². The van der Waals surface area contributed by atoms with E-state index in [0.29, 0.717) is 0 Å². The van der Waals surface area contributed by atoms with Crippen LogP contribution in [0, 0.1) is 0 Å². The smallest absolute Gasteiger partial charge is 0.137 e. The SMILES string of the molecule is SOc1ccc(N2CCNCC2)cc1. The van der Waals surface area contributed by atoms with E-state index in [4.69, 9.17) is 4.18 Å². The van der Waals surface area contributed by atoms with E-state index >= 15 is 0 Å². The molecular weight excluding hydrogens is 196 g/mol. The molecular formula is C10H14N2OS. The van der Waals surface area contributed by atoms with Crippen LogP contribution in [0.3, 0.4) is 0 Å². The van der Waals surface area contributed by atoms with Gasteiger partial charge in [0.05, 0.1) is 0 Å². The van der Waals surface area contributed by atoms with Gasteiger partial charge in [-0.05, 0) is 24.3 Å². The lowest BCUT2D eigenvalue weighted by molar-refractivity contribution is 0.588. The van der Waals surface area contributed by atoms with Gasteiger partial charge in [0.2, 0.25) is 0 Å². The standard InChI is InChI=1S/C10H14N2OS/c14-13-10-3-1-9(2-4-10)12-7-5-11-6-8-12/h1-4,11,14H,5-8H2. The molecule has 1 fully saturated rings. The van der Waals surface area contributed by atoms with Crippen LogP contribution < -0.4 is 14.4 Å². The highest BCUT2D eigenvalue weighted by Crippen LogP contribution is 2.20. The van der Waals surface area contributed by atoms with Gasteiger partial charge in [-0.15, -0.1) is 0 Å². The summed E-state index contributed by atoms with van der Waals surface area (Å²) in [6.45, 7) is 4.26. The first-order valence-corrected chi connectivity index (χ1v) is 5.14. The maximum Gasteiger partial charge on any atom is 0.137 e. The van der Waals surface area contributed by atoms with E-state index in [0.717, 1.165) is 31.9 Å². The quantitative estimate of drug-likeness (QED) is 0.569. The Morgan fingerprint density at radius 3 is 2.36 bits per heavy atom. The normalized spacial score (nSPS) is 16.8. The molecule has 4 heteroatoms. The summed E-state index contributed by atoms with van der Waals surface area (Å²) >= 11 is 3.75. The average molecular weight is 210 g/mol. The monoisotopic (exact) mass is 210 g/mol. The average Bonchev–Trinajstić information content (AvgIpc) is 2.30. The van der Waals surface area contributed by atoms with Crippen LogP contribution >= 0.6 is 12.9 Å². The first kappa shape index (κ1) is 9.68. The van der Waals surface area contributed by atoms with Crippen molar-refractivity contribution in [3.63, 3.8) is 0 Å². The van der Waals surface area contributed by atoms with Gasteiger partial charge in [0, 0.05) is 44.8 Å². The van der Waals surface area contributed by atoms with E-state index in [1.165, 1.54) is 5.69 Å². The fourth-order valence-electron chi connectivity index (χ4n) is 1.64. The van der Waals surface area contributed by atoms with Gasteiger partial charge in [-0.25, -0.2) is 0 Å². The number of hydrogen-bond acceptors (Lipinski definition) is 4. The molecule has 0 aliphatic carbocycles. The van der Waals surface area contributed by atoms with Crippen LogP contribution in [0.15, 0.2) is 24.3 Å². The molecule has 3 nitrogen and oxygen atoms in total. The van der Waals surface area contributed by atoms with Gasteiger partial charge in [0.15, 0.2) is 0 Å². The Morgan fingerprint density at radius 2 is 1.79 bits per heavy atom. The largest absolute Gasteiger partial charge is 0.429 e. The van der Waals surface area contributed by atoms with E-state index in [9.17, 15) is 0 Å². The second-order valence-corrected chi connectivity index (χ2v) is 3.50. The van der Waals surface area contributed by atoms with Crippen LogP contribution in [0.4, 0.5) is 5.69 Å². The molecule has 1 aliphatic heterocycles. The van der Waals surface area contributed by atoms with Crippen LogP contribution in [-0.4, -0.2) is 26.2 Å². The third-order valence-electron chi connectivity index (χ3n) is 2.42. The van der Waals surface area contributed by atoms with Crippen LogP contribution in [0.2, 0.25) is 0 Å². The van der Waals surface area contributed by atoms with Gasteiger partial charge in [-0.3, -0.25) is 0 Å². The first-order valence-electron chi connectivity index (χ1n) is 4.77. The molecule has 0 radical (unpaired) electrons. The Labute approximate surface area is 89.7 Å². The number of benzene rings is 1. The number of hydrogen-bond donors (Lipinski definition) is 2. The number of nitrogens with zero attached hydrogens (tertiary/aromatic N) is 1. The molecule has 1 N–H and O–H groups in total. The Hall–Kier alpha value is -0.870. The topological polar surface area (TPSA) is 24.5 Å². The Kier molecular flexibility index (Phi) is 3.16. The number of piperazine rings is 1. The second-order valence-electron chi connectivity index (χ2n) is 3.32. The lowest BCUT2D eigenvalue weighted by atomic mass is 10.2. The van der Waals surface area contributed by atoms with Crippen molar-refractivity contribution in [2.75, 3.05) is 31.1 Å². The maximum atomic E-state index is 4.82. The van der Waals surface area contributed by atoms with Gasteiger partial charge >= 0.3 is 0 Å². The van der Waals surface area contributed by atoms with E-state index in [2.05, 4.69) is 35.3 Å². The lowest BCUT2D eigenvalue weighted by Gasteiger charge is -2.29. The summed E-state index contributed by atoms with van der Waals surface area (Å²) in [5.41, 5.74) is 1.25. The van der Waals surface area contributed by atoms with Crippen molar-refractivity contribution in [2.24, 2.45) is 0 Å². The molecule has 1 saturated heterocycles. The van der Waals surface area contributed by atoms with Gasteiger partial charge < -0.3 is 14.4 Å². The molecule has 14 heavy (non-hydrogen) atoms. The predicted molar refractivity (Wildman–Crippen MR) is 61.1 cm³/mol. The van der Waals surface area contributed by atoms with E-state index < -0.39 is 0 Å². The summed E-state index contributed by atoms with van der Waals surface area (Å²) in [5, 5.41) is 3.33. The fraction of sp³-hybridized carbons (Fsp3) is 0.400. The van der Waals surface area contributed by atoms with E-state index in [1.807, 2.05) is 12.1 Å². The third kappa shape index (κ3) is 2.13. The van der Waals surface area contributed by atoms with Crippen molar-refractivity contribution in [3.8, 4) is 5.75 Å². The Bertz CT molecular complexity index is 283. The number of anilines is 1. The van der Waals surface area contributed by atoms with Crippen LogP contribution in [-0.2, 0) is 0 Å². The predicted octanol–water partition coefficient (Wildman–Crippen LogP) is 1.32. The van der Waals surface area contributed by atoms with Crippen molar-refractivity contribution in [1.29, 1.82) is 0 Å². The van der Waals surface area contributed by atoms with E-state index in [-0.39, 0.29) is 0 Å². The summed E-state index contributed by atoms with van der Waals surface area (Å²) in [4.78, 5) is 2.36. The molecule has 0 bridgehead atoms. The summed E-state index contributed by atoms with van der Waals surface area (Å²) in [7, 11) is 0. The number of thiol groups is 1. The summed E-state index contributed by atoms with van der Waals surface area (Å²) < 4.78 is 4.82. The highest BCUT2D eigenvalue weighted by Gasteiger charge is 2.09. The highest BCUT2D eigenvalue weighted by molar-refractivity contribution is 7.75. The lowest BCUT2D eigenvalue weighted by Crippen LogP contribution is -2.43. The van der Waals surface area contributed by atoms with Gasteiger partial charge in [0.1, 0.15) is 5.75 Å². The van der Waals surface area contributed by atoms with Gasteiger partial charge in [-0.2, -0.15) is 0 Å². The van der Waals surface area contributed by atoms with Crippen molar-refractivity contribution in [1.82, 2.24) is 5.32 Å². The minimum Gasteiger partial charge on any atom is -0.429 e. The summed E-state index contributed by atoms with van der Waals surface area (Å²) in [6.07, 6.45) is 0. The number of rotatable bonds is 2. The molecule has 0 unspecified atom stereocenters. The molecule has 0 spiro atoms. The summed E-state index contributed by atoms with van der Waals surface area (Å²) in [5.74, 6) is 0.784. The molecule has 1 aliphatic rings. The zero-order valence-corrected chi connectivity index (χ0v) is 8.83. The molecule has 76 valence electrons. The first-order chi connectivity index (χ1) is 6.90. The second kappa shape index (κ2) is 4.57. The van der Waals surface area contributed by atoms with Gasteiger partial charge in [-0.1, -0.05) is 0 Å². The fourth-order valence-corrected chi connectivity index (χ4v) is 1.76. The van der Waals surface area contributed by atoms with Crippen molar-refractivity contribution in [2.45, 2.75) is 0 Å². The summed E-state index contributed by atoms with van der Waals surface area (Å²) in [6, 6.07) is 8.00. The van der Waals surface area contributed by atoms with Crippen molar-refractivity contribution >= 4 is 18.6 Å². The molecule has 0 saturated carbocycles. The zero-order valence-electron chi connectivity index (χ0n) is 7.94. The zero-order chi connectivity index (χ0) is 9.80. The van der Waals surface area contributed by atoms with Crippen LogP contribution in [0.1, 0.15) is 0 Å².